The molecule has 1 aromatic heterocycles. The van der Waals surface area contributed by atoms with Crippen molar-refractivity contribution in [2.45, 2.75) is 27.3 Å². The van der Waals surface area contributed by atoms with E-state index in [-0.39, 0.29) is 5.91 Å². The monoisotopic (exact) mass is 431 g/mol. The van der Waals surface area contributed by atoms with Crippen molar-refractivity contribution in [1.82, 2.24) is 9.78 Å². The maximum Gasteiger partial charge on any atom is 0.260 e. The molecule has 1 amide bonds. The van der Waals surface area contributed by atoms with Crippen molar-refractivity contribution < 1.29 is 4.79 Å². The van der Waals surface area contributed by atoms with E-state index in [1.165, 1.54) is 5.56 Å². The van der Waals surface area contributed by atoms with Crippen molar-refractivity contribution in [3.05, 3.63) is 80.0 Å². The summed E-state index contributed by atoms with van der Waals surface area (Å²) in [6, 6.07) is 13.8. The number of benzene rings is 2. The summed E-state index contributed by atoms with van der Waals surface area (Å²) in [5.41, 5.74) is 5.04. The van der Waals surface area contributed by atoms with Gasteiger partial charge in [-0.1, -0.05) is 57.4 Å². The molecule has 6 heteroatoms. The standard InChI is InChI=1S/C20H19BrClN3O/c1-12-4-6-15(7-5-12)11-25-19(22)18(14(3)24-25)20(26)23-16-8-9-17(21)13(2)10-16/h4-10H,11H2,1-3H3,(H,23,26). The minimum atomic E-state index is -0.260. The first kappa shape index (κ1) is 18.7. The summed E-state index contributed by atoms with van der Waals surface area (Å²) in [7, 11) is 0. The zero-order valence-electron chi connectivity index (χ0n) is 14.8. The summed E-state index contributed by atoms with van der Waals surface area (Å²) in [4.78, 5) is 12.7. The zero-order chi connectivity index (χ0) is 18.8. The van der Waals surface area contributed by atoms with Gasteiger partial charge in [-0.2, -0.15) is 5.10 Å². The van der Waals surface area contributed by atoms with Gasteiger partial charge in [-0.15, -0.1) is 0 Å². The quantitative estimate of drug-likeness (QED) is 0.589. The number of anilines is 1. The highest BCUT2D eigenvalue weighted by Crippen LogP contribution is 2.24. The van der Waals surface area contributed by atoms with E-state index in [4.69, 9.17) is 11.6 Å². The Bertz CT molecular complexity index is 964. The van der Waals surface area contributed by atoms with Crippen molar-refractivity contribution >= 4 is 39.1 Å². The Balaban J connectivity index is 1.83. The summed E-state index contributed by atoms with van der Waals surface area (Å²) in [5, 5.41) is 7.68. The molecule has 4 nitrogen and oxygen atoms in total. The molecule has 0 fully saturated rings. The largest absolute Gasteiger partial charge is 0.322 e. The molecule has 0 bridgehead atoms. The zero-order valence-corrected chi connectivity index (χ0v) is 17.1. The fourth-order valence-corrected chi connectivity index (χ4v) is 3.27. The van der Waals surface area contributed by atoms with Gasteiger partial charge in [0.25, 0.3) is 5.91 Å². The highest BCUT2D eigenvalue weighted by molar-refractivity contribution is 9.10. The van der Waals surface area contributed by atoms with Gasteiger partial charge in [0.15, 0.2) is 0 Å². The average molecular weight is 433 g/mol. The van der Waals surface area contributed by atoms with Crippen LogP contribution in [0.25, 0.3) is 0 Å². The predicted octanol–water partition coefficient (Wildman–Crippen LogP) is 5.52. The predicted molar refractivity (Wildman–Crippen MR) is 109 cm³/mol. The summed E-state index contributed by atoms with van der Waals surface area (Å²) >= 11 is 9.92. The lowest BCUT2D eigenvalue weighted by Crippen LogP contribution is -2.13. The second-order valence-corrected chi connectivity index (χ2v) is 7.52. The number of carbonyl (C=O) groups is 1. The summed E-state index contributed by atoms with van der Waals surface area (Å²) in [6.07, 6.45) is 0. The number of hydrogen-bond acceptors (Lipinski definition) is 2. The maximum absolute atomic E-state index is 12.7. The van der Waals surface area contributed by atoms with Gasteiger partial charge in [0.05, 0.1) is 17.8 Å². The fourth-order valence-electron chi connectivity index (χ4n) is 2.70. The van der Waals surface area contributed by atoms with E-state index in [1.807, 2.05) is 56.3 Å². The van der Waals surface area contributed by atoms with Crippen LogP contribution in [0.2, 0.25) is 5.15 Å². The van der Waals surface area contributed by atoms with Gasteiger partial charge in [-0.25, -0.2) is 4.68 Å². The van der Waals surface area contributed by atoms with E-state index >= 15 is 0 Å². The SMILES string of the molecule is Cc1ccc(Cn2nc(C)c(C(=O)Nc3ccc(Br)c(C)c3)c2Cl)cc1. The van der Waals surface area contributed by atoms with Crippen LogP contribution in [0.3, 0.4) is 0 Å². The molecule has 2 aromatic carbocycles. The number of carbonyl (C=O) groups excluding carboxylic acids is 1. The molecule has 3 rings (SSSR count). The molecule has 0 unspecified atom stereocenters. The molecule has 3 aromatic rings. The molecular weight excluding hydrogens is 414 g/mol. The highest BCUT2D eigenvalue weighted by Gasteiger charge is 2.20. The summed E-state index contributed by atoms with van der Waals surface area (Å²) in [5.74, 6) is -0.260. The molecule has 0 aliphatic heterocycles. The first-order valence-electron chi connectivity index (χ1n) is 8.21. The number of amides is 1. The third-order valence-electron chi connectivity index (χ3n) is 4.16. The Morgan fingerprint density at radius 3 is 2.50 bits per heavy atom. The van der Waals surface area contributed by atoms with Gasteiger partial charge in [0.2, 0.25) is 0 Å². The van der Waals surface area contributed by atoms with E-state index in [9.17, 15) is 4.79 Å². The number of aromatic nitrogens is 2. The average Bonchev–Trinajstić information content (AvgIpc) is 2.87. The van der Waals surface area contributed by atoms with Crippen LogP contribution in [0.4, 0.5) is 5.69 Å². The van der Waals surface area contributed by atoms with Gasteiger partial charge in [0, 0.05) is 10.2 Å². The second-order valence-electron chi connectivity index (χ2n) is 6.31. The Kier molecular flexibility index (Phi) is 5.49. The van der Waals surface area contributed by atoms with Gasteiger partial charge < -0.3 is 5.32 Å². The van der Waals surface area contributed by atoms with Crippen molar-refractivity contribution in [2.24, 2.45) is 0 Å². The van der Waals surface area contributed by atoms with Crippen LogP contribution < -0.4 is 5.32 Å². The normalized spacial score (nSPS) is 10.8. The Morgan fingerprint density at radius 1 is 1.15 bits per heavy atom. The molecule has 0 aliphatic rings. The van der Waals surface area contributed by atoms with Crippen LogP contribution in [0.5, 0.6) is 0 Å². The highest BCUT2D eigenvalue weighted by atomic mass is 79.9. The minimum Gasteiger partial charge on any atom is -0.322 e. The molecule has 26 heavy (non-hydrogen) atoms. The summed E-state index contributed by atoms with van der Waals surface area (Å²) in [6.45, 7) is 6.32. The van der Waals surface area contributed by atoms with Crippen molar-refractivity contribution in [1.29, 1.82) is 0 Å². The molecule has 0 saturated heterocycles. The maximum atomic E-state index is 12.7. The first-order valence-corrected chi connectivity index (χ1v) is 9.38. The van der Waals surface area contributed by atoms with Gasteiger partial charge >= 0.3 is 0 Å². The molecule has 0 saturated carbocycles. The number of halogens is 2. The lowest BCUT2D eigenvalue weighted by atomic mass is 10.1. The molecule has 0 spiro atoms. The number of nitrogens with zero attached hydrogens (tertiary/aromatic N) is 2. The summed E-state index contributed by atoms with van der Waals surface area (Å²) < 4.78 is 2.65. The van der Waals surface area contributed by atoms with Crippen molar-refractivity contribution in [3.63, 3.8) is 0 Å². The number of aryl methyl sites for hydroxylation is 3. The van der Waals surface area contributed by atoms with Crippen LogP contribution in [-0.2, 0) is 6.54 Å². The van der Waals surface area contributed by atoms with Crippen molar-refractivity contribution in [2.75, 3.05) is 5.32 Å². The molecule has 134 valence electrons. The molecule has 0 radical (unpaired) electrons. The Morgan fingerprint density at radius 2 is 1.85 bits per heavy atom. The third kappa shape index (κ3) is 4.00. The van der Waals surface area contributed by atoms with Crippen molar-refractivity contribution in [3.8, 4) is 0 Å². The van der Waals surface area contributed by atoms with E-state index in [2.05, 4.69) is 26.3 Å². The van der Waals surface area contributed by atoms with Gasteiger partial charge in [-0.05, 0) is 50.1 Å². The molecule has 0 atom stereocenters. The van der Waals surface area contributed by atoms with Crippen LogP contribution in [0, 0.1) is 20.8 Å². The number of nitrogens with one attached hydrogen (secondary N) is 1. The van der Waals surface area contributed by atoms with Crippen LogP contribution in [0.1, 0.15) is 32.7 Å². The Hall–Kier alpha value is -2.11. The van der Waals surface area contributed by atoms with Gasteiger partial charge in [0.1, 0.15) is 5.15 Å². The first-order chi connectivity index (χ1) is 12.3. The van der Waals surface area contributed by atoms with Crippen LogP contribution in [-0.4, -0.2) is 15.7 Å². The molecule has 1 heterocycles. The Labute approximate surface area is 166 Å². The van der Waals surface area contributed by atoms with E-state index in [0.717, 1.165) is 21.3 Å². The van der Waals surface area contributed by atoms with Crippen LogP contribution >= 0.6 is 27.5 Å². The smallest absolute Gasteiger partial charge is 0.260 e. The number of hydrogen-bond donors (Lipinski definition) is 1. The lowest BCUT2D eigenvalue weighted by Gasteiger charge is -2.07. The van der Waals surface area contributed by atoms with E-state index in [1.54, 1.807) is 11.6 Å². The minimum absolute atomic E-state index is 0.260. The molecule has 0 aliphatic carbocycles. The topological polar surface area (TPSA) is 46.9 Å². The molecular formula is C20H19BrClN3O. The van der Waals surface area contributed by atoms with Crippen LogP contribution in [0.15, 0.2) is 46.9 Å². The molecule has 1 N–H and O–H groups in total. The van der Waals surface area contributed by atoms with Gasteiger partial charge in [-0.3, -0.25) is 4.79 Å². The lowest BCUT2D eigenvalue weighted by molar-refractivity contribution is 0.102. The van der Waals surface area contributed by atoms with E-state index in [0.29, 0.717) is 23.0 Å². The van der Waals surface area contributed by atoms with E-state index < -0.39 is 0 Å². The second kappa shape index (κ2) is 7.64. The number of rotatable bonds is 4. The third-order valence-corrected chi connectivity index (χ3v) is 5.44. The fraction of sp³-hybridized carbons (Fsp3) is 0.200.